The van der Waals surface area contributed by atoms with Crippen molar-refractivity contribution in [2.24, 2.45) is 5.92 Å². The van der Waals surface area contributed by atoms with Gasteiger partial charge in [-0.1, -0.05) is 30.3 Å². The van der Waals surface area contributed by atoms with Gasteiger partial charge < -0.3 is 9.47 Å². The van der Waals surface area contributed by atoms with E-state index in [-0.39, 0.29) is 12.2 Å². The van der Waals surface area contributed by atoms with E-state index >= 15 is 0 Å². The topological polar surface area (TPSA) is 97.1 Å². The van der Waals surface area contributed by atoms with Crippen LogP contribution in [-0.4, -0.2) is 29.5 Å². The number of methoxy groups -OCH3 is 1. The van der Waals surface area contributed by atoms with E-state index in [4.69, 9.17) is 9.47 Å². The summed E-state index contributed by atoms with van der Waals surface area (Å²) in [7, 11) is 1.55. The molecule has 1 N–H and O–H groups in total. The van der Waals surface area contributed by atoms with E-state index in [1.165, 1.54) is 4.68 Å². The number of nitriles is 1. The predicted molar refractivity (Wildman–Crippen MR) is 112 cm³/mol. The molecule has 0 bridgehead atoms. The van der Waals surface area contributed by atoms with Gasteiger partial charge in [-0.3, -0.25) is 14.7 Å². The lowest BCUT2D eigenvalue weighted by Gasteiger charge is -2.21. The molecule has 0 aliphatic carbocycles. The Bertz CT molecular complexity index is 1110. The van der Waals surface area contributed by atoms with E-state index in [0.29, 0.717) is 28.3 Å². The number of esters is 1. The van der Waals surface area contributed by atoms with Gasteiger partial charge in [-0.2, -0.15) is 5.26 Å². The average molecular weight is 405 g/mol. The normalized spacial score (nSPS) is 12.6. The maximum atomic E-state index is 13.4. The third-order valence-electron chi connectivity index (χ3n) is 4.93. The summed E-state index contributed by atoms with van der Waals surface area (Å²) in [6.07, 6.45) is 0. The van der Waals surface area contributed by atoms with Gasteiger partial charge in [0.25, 0.3) is 5.56 Å². The molecular weight excluding hydrogens is 382 g/mol. The highest BCUT2D eigenvalue weighted by atomic mass is 16.5. The molecule has 1 heterocycles. The summed E-state index contributed by atoms with van der Waals surface area (Å²) in [5.41, 5.74) is 1.92. The lowest BCUT2D eigenvalue weighted by Crippen LogP contribution is -2.29. The average Bonchev–Trinajstić information content (AvgIpc) is 3.06. The van der Waals surface area contributed by atoms with Crippen LogP contribution in [0.15, 0.2) is 59.4 Å². The van der Waals surface area contributed by atoms with Crippen LogP contribution in [0.1, 0.15) is 29.7 Å². The molecule has 7 nitrogen and oxygen atoms in total. The number of nitrogens with one attached hydrogen (secondary N) is 1. The van der Waals surface area contributed by atoms with Crippen molar-refractivity contribution >= 4 is 5.97 Å². The second-order valence-electron chi connectivity index (χ2n) is 6.74. The van der Waals surface area contributed by atoms with E-state index in [1.807, 2.05) is 24.3 Å². The van der Waals surface area contributed by atoms with Crippen molar-refractivity contribution in [3.05, 3.63) is 81.8 Å². The van der Waals surface area contributed by atoms with Gasteiger partial charge in [0.2, 0.25) is 0 Å². The molecule has 2 unspecified atom stereocenters. The smallest absolute Gasteiger partial charge is 0.324 e. The Labute approximate surface area is 174 Å². The summed E-state index contributed by atoms with van der Waals surface area (Å²) in [5, 5.41) is 12.9. The number of nitrogens with zero attached hydrogens (tertiary/aromatic N) is 2. The van der Waals surface area contributed by atoms with Gasteiger partial charge in [0.15, 0.2) is 5.92 Å². The monoisotopic (exact) mass is 405 g/mol. The molecule has 0 amide bonds. The molecule has 2 aromatic carbocycles. The van der Waals surface area contributed by atoms with E-state index in [2.05, 4.69) is 5.10 Å². The molecule has 7 heteroatoms. The summed E-state index contributed by atoms with van der Waals surface area (Å²) >= 11 is 0. The van der Waals surface area contributed by atoms with Crippen molar-refractivity contribution in [1.29, 1.82) is 5.26 Å². The summed E-state index contributed by atoms with van der Waals surface area (Å²) in [5.74, 6) is -2.00. The minimum atomic E-state index is -1.18. The Balaban J connectivity index is 2.20. The minimum Gasteiger partial charge on any atom is -0.497 e. The Morgan fingerprint density at radius 2 is 1.83 bits per heavy atom. The number of H-pyrrole nitrogens is 1. The zero-order chi connectivity index (χ0) is 21.7. The first-order chi connectivity index (χ1) is 14.5. The third-order valence-corrected chi connectivity index (χ3v) is 4.93. The van der Waals surface area contributed by atoms with Crippen LogP contribution in [-0.2, 0) is 9.53 Å². The van der Waals surface area contributed by atoms with Gasteiger partial charge in [0.05, 0.1) is 25.5 Å². The number of benzene rings is 2. The molecule has 154 valence electrons. The summed E-state index contributed by atoms with van der Waals surface area (Å²) in [6, 6.07) is 18.2. The first kappa shape index (κ1) is 20.9. The molecule has 30 heavy (non-hydrogen) atoms. The molecule has 0 saturated heterocycles. The third kappa shape index (κ3) is 3.98. The fourth-order valence-electron chi connectivity index (χ4n) is 3.52. The number of carbonyl (C=O) groups excluding carboxylic acids is 1. The number of hydrogen-bond donors (Lipinski definition) is 1. The quantitative estimate of drug-likeness (QED) is 0.608. The predicted octanol–water partition coefficient (Wildman–Crippen LogP) is 3.32. The minimum absolute atomic E-state index is 0.146. The lowest BCUT2D eigenvalue weighted by molar-refractivity contribution is -0.146. The number of rotatable bonds is 7. The van der Waals surface area contributed by atoms with Crippen molar-refractivity contribution in [3.8, 4) is 17.5 Å². The largest absolute Gasteiger partial charge is 0.497 e. The molecule has 0 radical (unpaired) electrons. The summed E-state index contributed by atoms with van der Waals surface area (Å²) in [6.45, 7) is 3.58. The Morgan fingerprint density at radius 3 is 2.40 bits per heavy atom. The lowest BCUT2D eigenvalue weighted by atomic mass is 9.81. The van der Waals surface area contributed by atoms with Crippen LogP contribution < -0.4 is 10.3 Å². The van der Waals surface area contributed by atoms with E-state index in [9.17, 15) is 14.9 Å². The van der Waals surface area contributed by atoms with Gasteiger partial charge >= 0.3 is 5.97 Å². The van der Waals surface area contributed by atoms with Gasteiger partial charge in [0.1, 0.15) is 5.75 Å². The summed E-state index contributed by atoms with van der Waals surface area (Å²) in [4.78, 5) is 26.0. The second kappa shape index (κ2) is 9.14. The van der Waals surface area contributed by atoms with Crippen molar-refractivity contribution in [2.45, 2.75) is 19.8 Å². The summed E-state index contributed by atoms with van der Waals surface area (Å²) < 4.78 is 11.8. The van der Waals surface area contributed by atoms with Crippen molar-refractivity contribution in [3.63, 3.8) is 0 Å². The number of carbonyl (C=O) groups is 1. The highest BCUT2D eigenvalue weighted by molar-refractivity contribution is 5.77. The highest BCUT2D eigenvalue weighted by Gasteiger charge is 2.36. The molecule has 0 saturated carbocycles. The maximum absolute atomic E-state index is 13.4. The van der Waals surface area contributed by atoms with Crippen LogP contribution in [0.25, 0.3) is 5.69 Å². The highest BCUT2D eigenvalue weighted by Crippen LogP contribution is 2.34. The molecule has 3 rings (SSSR count). The Hall–Kier alpha value is -3.79. The first-order valence-corrected chi connectivity index (χ1v) is 9.59. The van der Waals surface area contributed by atoms with E-state index in [1.54, 1.807) is 57.4 Å². The van der Waals surface area contributed by atoms with Gasteiger partial charge in [-0.15, -0.1) is 0 Å². The number of ether oxygens (including phenoxy) is 2. The molecule has 2 atom stereocenters. The molecule has 0 aliphatic heterocycles. The molecule has 3 aromatic rings. The fraction of sp³-hybridized carbons (Fsp3) is 0.261. The van der Waals surface area contributed by atoms with Gasteiger partial charge in [-0.25, -0.2) is 4.68 Å². The zero-order valence-electron chi connectivity index (χ0n) is 17.1. The van der Waals surface area contributed by atoms with Gasteiger partial charge in [-0.05, 0) is 43.7 Å². The van der Waals surface area contributed by atoms with Crippen molar-refractivity contribution in [1.82, 2.24) is 9.78 Å². The zero-order valence-corrected chi connectivity index (χ0v) is 17.1. The van der Waals surface area contributed by atoms with Crippen LogP contribution >= 0.6 is 0 Å². The first-order valence-electron chi connectivity index (χ1n) is 9.59. The standard InChI is InChI=1S/C23H23N3O4/c1-4-30-23(28)19(14-24)21(16-10-12-18(29-3)13-11-16)20-15(2)25-26(22(20)27)17-8-6-5-7-9-17/h5-13,19,21,25H,4H2,1-3H3. The Kier molecular flexibility index (Phi) is 6.38. The number of aromatic amines is 1. The van der Waals surface area contributed by atoms with Crippen molar-refractivity contribution in [2.75, 3.05) is 13.7 Å². The number of para-hydroxylation sites is 1. The number of aryl methyl sites for hydroxylation is 1. The molecular formula is C23H23N3O4. The van der Waals surface area contributed by atoms with Crippen LogP contribution in [0, 0.1) is 24.2 Å². The molecule has 0 fully saturated rings. The second-order valence-corrected chi connectivity index (χ2v) is 6.74. The molecule has 1 aromatic heterocycles. The van der Waals surface area contributed by atoms with E-state index < -0.39 is 17.8 Å². The van der Waals surface area contributed by atoms with Crippen LogP contribution in [0.3, 0.4) is 0 Å². The van der Waals surface area contributed by atoms with Crippen LogP contribution in [0.4, 0.5) is 0 Å². The number of aromatic nitrogens is 2. The molecule has 0 spiro atoms. The van der Waals surface area contributed by atoms with Crippen LogP contribution in [0.5, 0.6) is 5.75 Å². The van der Waals surface area contributed by atoms with Gasteiger partial charge in [0, 0.05) is 17.2 Å². The van der Waals surface area contributed by atoms with E-state index in [0.717, 1.165) is 0 Å². The Morgan fingerprint density at radius 1 is 1.17 bits per heavy atom. The fourth-order valence-corrected chi connectivity index (χ4v) is 3.52. The maximum Gasteiger partial charge on any atom is 0.324 e. The van der Waals surface area contributed by atoms with Crippen molar-refractivity contribution < 1.29 is 14.3 Å². The number of hydrogen-bond acceptors (Lipinski definition) is 5. The molecule has 0 aliphatic rings. The SMILES string of the molecule is CCOC(=O)C(C#N)C(c1ccc(OC)cc1)c1c(C)[nH]n(-c2ccccc2)c1=O. The van der Waals surface area contributed by atoms with Crippen LogP contribution in [0.2, 0.25) is 0 Å².